The lowest BCUT2D eigenvalue weighted by molar-refractivity contribution is 0.462. The molecule has 4 nitrogen and oxygen atoms in total. The second kappa shape index (κ2) is 5.47. The molecule has 1 aliphatic rings. The van der Waals surface area contributed by atoms with Gasteiger partial charge >= 0.3 is 0 Å². The predicted molar refractivity (Wildman–Crippen MR) is 92.7 cm³/mol. The molecule has 1 aliphatic carbocycles. The van der Waals surface area contributed by atoms with E-state index < -0.39 is 0 Å². The topological polar surface area (TPSA) is 50.7 Å². The van der Waals surface area contributed by atoms with Crippen LogP contribution in [0.15, 0.2) is 12.4 Å². The smallest absolute Gasteiger partial charge is 0.147 e. The maximum atomic E-state index is 4.68. The van der Waals surface area contributed by atoms with Crippen LogP contribution in [0.2, 0.25) is 0 Å². The summed E-state index contributed by atoms with van der Waals surface area (Å²) >= 11 is 1.71. The van der Waals surface area contributed by atoms with E-state index in [1.54, 1.807) is 17.7 Å². The number of anilines is 1. The molecule has 0 spiro atoms. The van der Waals surface area contributed by atoms with Crippen molar-refractivity contribution in [1.29, 1.82) is 0 Å². The van der Waals surface area contributed by atoms with Gasteiger partial charge in [-0.2, -0.15) is 0 Å². The molecule has 22 heavy (non-hydrogen) atoms. The Bertz CT molecular complexity index is 833. The van der Waals surface area contributed by atoms with E-state index in [0.717, 1.165) is 26.6 Å². The first-order valence-corrected chi connectivity index (χ1v) is 8.82. The summed E-state index contributed by atoms with van der Waals surface area (Å²) in [6.45, 7) is 4.18. The van der Waals surface area contributed by atoms with Gasteiger partial charge in [0.05, 0.1) is 10.2 Å². The SMILES string of the molecule is Cc1cc(C)c2c(n1)sc1c(NC3CCCCC3)ncnc12. The zero-order chi connectivity index (χ0) is 15.1. The van der Waals surface area contributed by atoms with E-state index in [-0.39, 0.29) is 0 Å². The Labute approximate surface area is 134 Å². The molecule has 3 aromatic rings. The summed E-state index contributed by atoms with van der Waals surface area (Å²) in [6.07, 6.45) is 8.16. The van der Waals surface area contributed by atoms with Crippen molar-refractivity contribution >= 4 is 37.6 Å². The average Bonchev–Trinajstić information content (AvgIpc) is 2.88. The van der Waals surface area contributed by atoms with E-state index in [9.17, 15) is 0 Å². The highest BCUT2D eigenvalue weighted by atomic mass is 32.1. The second-order valence-electron chi connectivity index (χ2n) is 6.24. The van der Waals surface area contributed by atoms with E-state index in [2.05, 4.69) is 33.3 Å². The number of nitrogens with one attached hydrogen (secondary N) is 1. The number of rotatable bonds is 2. The molecule has 0 atom stereocenters. The fourth-order valence-electron chi connectivity index (χ4n) is 3.45. The summed E-state index contributed by atoms with van der Waals surface area (Å²) in [7, 11) is 0. The molecule has 0 bridgehead atoms. The van der Waals surface area contributed by atoms with E-state index in [0.29, 0.717) is 6.04 Å². The summed E-state index contributed by atoms with van der Waals surface area (Å²) in [4.78, 5) is 14.8. The molecule has 1 N–H and O–H groups in total. The van der Waals surface area contributed by atoms with Crippen LogP contribution in [-0.2, 0) is 0 Å². The maximum absolute atomic E-state index is 4.68. The van der Waals surface area contributed by atoms with Gasteiger partial charge in [0.15, 0.2) is 0 Å². The van der Waals surface area contributed by atoms with Crippen molar-refractivity contribution in [3.05, 3.63) is 23.7 Å². The van der Waals surface area contributed by atoms with Crippen LogP contribution in [0.5, 0.6) is 0 Å². The lowest BCUT2D eigenvalue weighted by Crippen LogP contribution is -2.22. The third kappa shape index (κ3) is 2.33. The normalized spacial score (nSPS) is 16.5. The molecule has 1 saturated carbocycles. The Hall–Kier alpha value is -1.75. The number of aryl methyl sites for hydroxylation is 2. The average molecular weight is 312 g/mol. The van der Waals surface area contributed by atoms with Crippen LogP contribution in [-0.4, -0.2) is 21.0 Å². The molecule has 5 heteroatoms. The number of thiophene rings is 1. The highest BCUT2D eigenvalue weighted by Crippen LogP contribution is 2.37. The molecule has 0 saturated heterocycles. The molecule has 0 amide bonds. The zero-order valence-electron chi connectivity index (χ0n) is 13.0. The summed E-state index contributed by atoms with van der Waals surface area (Å²) in [6, 6.07) is 2.68. The molecule has 0 unspecified atom stereocenters. The molecule has 3 aromatic heterocycles. The largest absolute Gasteiger partial charge is 0.366 e. The van der Waals surface area contributed by atoms with Gasteiger partial charge in [-0.25, -0.2) is 15.0 Å². The third-order valence-electron chi connectivity index (χ3n) is 4.50. The Balaban J connectivity index is 1.84. The van der Waals surface area contributed by atoms with Crippen LogP contribution in [0, 0.1) is 13.8 Å². The van der Waals surface area contributed by atoms with Crippen LogP contribution in [0.4, 0.5) is 5.82 Å². The Kier molecular flexibility index (Phi) is 3.45. The van der Waals surface area contributed by atoms with Gasteiger partial charge in [0.1, 0.15) is 17.0 Å². The third-order valence-corrected chi connectivity index (χ3v) is 5.58. The molecule has 1 fully saturated rings. The van der Waals surface area contributed by atoms with Crippen molar-refractivity contribution in [1.82, 2.24) is 15.0 Å². The summed E-state index contributed by atoms with van der Waals surface area (Å²) in [5.41, 5.74) is 3.35. The van der Waals surface area contributed by atoms with Crippen LogP contribution in [0.3, 0.4) is 0 Å². The van der Waals surface area contributed by atoms with Gasteiger partial charge in [0.2, 0.25) is 0 Å². The quantitative estimate of drug-likeness (QED) is 0.751. The van der Waals surface area contributed by atoms with E-state index >= 15 is 0 Å². The zero-order valence-corrected chi connectivity index (χ0v) is 13.8. The molecule has 4 rings (SSSR count). The van der Waals surface area contributed by atoms with Crippen molar-refractivity contribution < 1.29 is 0 Å². The van der Waals surface area contributed by atoms with E-state index in [1.807, 2.05) is 6.92 Å². The van der Waals surface area contributed by atoms with Gasteiger partial charge in [-0.15, -0.1) is 11.3 Å². The van der Waals surface area contributed by atoms with Crippen molar-refractivity contribution in [2.24, 2.45) is 0 Å². The number of fused-ring (bicyclic) bond motifs is 3. The van der Waals surface area contributed by atoms with Gasteiger partial charge in [0.25, 0.3) is 0 Å². The predicted octanol–water partition coefficient (Wildman–Crippen LogP) is 4.60. The minimum atomic E-state index is 0.549. The second-order valence-corrected chi connectivity index (χ2v) is 7.24. The standard InChI is InChI=1S/C17H20N4S/c1-10-8-11(2)20-17-13(10)14-15(22-17)16(19-9-18-14)21-12-6-4-3-5-7-12/h8-9,12H,3-7H2,1-2H3,(H,18,19,21). The number of hydrogen-bond acceptors (Lipinski definition) is 5. The monoisotopic (exact) mass is 312 g/mol. The lowest BCUT2D eigenvalue weighted by atomic mass is 9.95. The molecule has 3 heterocycles. The van der Waals surface area contributed by atoms with E-state index in [4.69, 9.17) is 0 Å². The Morgan fingerprint density at radius 3 is 2.77 bits per heavy atom. The fraction of sp³-hybridized carbons (Fsp3) is 0.471. The maximum Gasteiger partial charge on any atom is 0.147 e. The minimum absolute atomic E-state index is 0.549. The molecule has 0 aromatic carbocycles. The fourth-order valence-corrected chi connectivity index (χ4v) is 4.66. The molecule has 114 valence electrons. The molecular weight excluding hydrogens is 292 g/mol. The van der Waals surface area contributed by atoms with Crippen LogP contribution in [0.1, 0.15) is 43.4 Å². The van der Waals surface area contributed by atoms with Crippen LogP contribution < -0.4 is 5.32 Å². The number of nitrogens with zero attached hydrogens (tertiary/aromatic N) is 3. The Morgan fingerprint density at radius 2 is 1.95 bits per heavy atom. The molecule has 0 radical (unpaired) electrons. The first kappa shape index (κ1) is 13.9. The van der Waals surface area contributed by atoms with Crippen molar-refractivity contribution in [2.75, 3.05) is 5.32 Å². The highest BCUT2D eigenvalue weighted by molar-refractivity contribution is 7.26. The Morgan fingerprint density at radius 1 is 1.14 bits per heavy atom. The number of aromatic nitrogens is 3. The summed E-state index contributed by atoms with van der Waals surface area (Å²) in [5, 5.41) is 4.83. The van der Waals surface area contributed by atoms with Gasteiger partial charge in [-0.1, -0.05) is 19.3 Å². The van der Waals surface area contributed by atoms with E-state index in [1.165, 1.54) is 43.1 Å². The minimum Gasteiger partial charge on any atom is -0.366 e. The van der Waals surface area contributed by atoms with Crippen molar-refractivity contribution in [3.8, 4) is 0 Å². The highest BCUT2D eigenvalue weighted by Gasteiger charge is 2.18. The van der Waals surface area contributed by atoms with Gasteiger partial charge in [-0.05, 0) is 38.3 Å². The van der Waals surface area contributed by atoms with Gasteiger partial charge < -0.3 is 5.32 Å². The van der Waals surface area contributed by atoms with Gasteiger partial charge in [-0.3, -0.25) is 0 Å². The summed E-state index contributed by atoms with van der Waals surface area (Å²) in [5.74, 6) is 0.983. The number of hydrogen-bond donors (Lipinski definition) is 1. The van der Waals surface area contributed by atoms with Crippen LogP contribution >= 0.6 is 11.3 Å². The summed E-state index contributed by atoms with van der Waals surface area (Å²) < 4.78 is 1.14. The first-order chi connectivity index (χ1) is 10.7. The molecule has 0 aliphatic heterocycles. The van der Waals surface area contributed by atoms with Crippen LogP contribution in [0.25, 0.3) is 20.4 Å². The lowest BCUT2D eigenvalue weighted by Gasteiger charge is -2.23. The number of pyridine rings is 1. The van der Waals surface area contributed by atoms with Crippen molar-refractivity contribution in [2.45, 2.75) is 52.0 Å². The molecular formula is C17H20N4S. The van der Waals surface area contributed by atoms with Crippen molar-refractivity contribution in [3.63, 3.8) is 0 Å². The van der Waals surface area contributed by atoms with Gasteiger partial charge in [0, 0.05) is 17.1 Å². The first-order valence-electron chi connectivity index (χ1n) is 8.00.